The van der Waals surface area contributed by atoms with Crippen molar-refractivity contribution in [3.8, 4) is 16.9 Å². The highest BCUT2D eigenvalue weighted by Crippen LogP contribution is 2.22. The fourth-order valence-electron chi connectivity index (χ4n) is 3.57. The Morgan fingerprint density at radius 3 is 2.64 bits per heavy atom. The van der Waals surface area contributed by atoms with Gasteiger partial charge in [-0.2, -0.15) is 0 Å². The molecule has 0 bridgehead atoms. The lowest BCUT2D eigenvalue weighted by Crippen LogP contribution is -2.36. The monoisotopic (exact) mass is 369 g/mol. The highest BCUT2D eigenvalue weighted by Gasteiger charge is 2.23. The summed E-state index contributed by atoms with van der Waals surface area (Å²) >= 11 is 0. The minimum absolute atomic E-state index is 0.0432. The summed E-state index contributed by atoms with van der Waals surface area (Å²) in [5, 5.41) is 0. The lowest BCUT2D eigenvalue weighted by atomic mass is 10.1. The molecule has 0 fully saturated rings. The van der Waals surface area contributed by atoms with E-state index in [0.29, 0.717) is 18.7 Å². The first-order valence-corrected chi connectivity index (χ1v) is 9.28. The summed E-state index contributed by atoms with van der Waals surface area (Å²) in [5.74, 6) is 0.0432. The second-order valence-corrected chi connectivity index (χ2v) is 6.88. The average molecular weight is 369 g/mol. The Labute approximate surface area is 162 Å². The van der Waals surface area contributed by atoms with Gasteiger partial charge in [-0.25, -0.2) is 9.97 Å². The number of hydrogen-bond acceptors (Lipinski definition) is 3. The van der Waals surface area contributed by atoms with Crippen LogP contribution in [-0.2, 0) is 13.0 Å². The van der Waals surface area contributed by atoms with Crippen LogP contribution >= 0.6 is 0 Å². The van der Waals surface area contributed by atoms with Crippen molar-refractivity contribution in [2.45, 2.75) is 13.0 Å². The fourth-order valence-corrected chi connectivity index (χ4v) is 3.57. The molecule has 1 aliphatic heterocycles. The summed E-state index contributed by atoms with van der Waals surface area (Å²) < 4.78 is 1.99. The molecular weight excluding hydrogens is 350 g/mol. The number of aromatic nitrogens is 4. The Kier molecular flexibility index (Phi) is 4.01. The Morgan fingerprint density at radius 2 is 1.82 bits per heavy atom. The van der Waals surface area contributed by atoms with Crippen LogP contribution in [0.5, 0.6) is 0 Å². The summed E-state index contributed by atoms with van der Waals surface area (Å²) in [6.45, 7) is 1.28. The number of fused-ring (bicyclic) bond motifs is 1. The number of rotatable bonds is 3. The molecule has 0 spiro atoms. The predicted molar refractivity (Wildman–Crippen MR) is 106 cm³/mol. The van der Waals surface area contributed by atoms with Crippen molar-refractivity contribution in [2.75, 3.05) is 6.54 Å². The van der Waals surface area contributed by atoms with Crippen molar-refractivity contribution >= 4 is 5.91 Å². The van der Waals surface area contributed by atoms with Crippen LogP contribution in [0.4, 0.5) is 0 Å². The van der Waals surface area contributed by atoms with Gasteiger partial charge in [0.2, 0.25) is 0 Å². The van der Waals surface area contributed by atoms with E-state index in [1.54, 1.807) is 12.7 Å². The molecule has 138 valence electrons. The molecule has 6 heteroatoms. The van der Waals surface area contributed by atoms with E-state index in [1.165, 1.54) is 0 Å². The first-order valence-electron chi connectivity index (χ1n) is 9.28. The summed E-state index contributed by atoms with van der Waals surface area (Å²) in [5.41, 5.74) is 5.71. The molecule has 4 aromatic rings. The SMILES string of the molecule is O=C(c1ccc(-c2cn(-c3ccccc3)cn2)cc1)N1CCc2nc[nH]c2C1. The van der Waals surface area contributed by atoms with Gasteiger partial charge in [-0.3, -0.25) is 4.79 Å². The molecule has 0 radical (unpaired) electrons. The third-order valence-electron chi connectivity index (χ3n) is 5.13. The van der Waals surface area contributed by atoms with Gasteiger partial charge in [-0.15, -0.1) is 0 Å². The van der Waals surface area contributed by atoms with Crippen LogP contribution in [0.25, 0.3) is 16.9 Å². The molecule has 3 heterocycles. The van der Waals surface area contributed by atoms with Crippen molar-refractivity contribution in [1.82, 2.24) is 24.4 Å². The molecule has 2 aromatic heterocycles. The molecule has 1 N–H and O–H groups in total. The van der Waals surface area contributed by atoms with Crippen molar-refractivity contribution < 1.29 is 4.79 Å². The van der Waals surface area contributed by atoms with Gasteiger partial charge in [0.05, 0.1) is 36.3 Å². The number of amides is 1. The summed E-state index contributed by atoms with van der Waals surface area (Å²) in [6, 6.07) is 17.7. The number of aromatic amines is 1. The number of imidazole rings is 2. The standard InChI is InChI=1S/C22H19N5O/c28-22(26-11-10-19-21(13-26)24-14-23-19)17-8-6-16(7-9-17)20-12-27(15-25-20)18-4-2-1-3-5-18/h1-9,12,14-15H,10-11,13H2,(H,23,24). The van der Waals surface area contributed by atoms with Gasteiger partial charge < -0.3 is 14.5 Å². The van der Waals surface area contributed by atoms with Crippen molar-refractivity contribution in [3.63, 3.8) is 0 Å². The van der Waals surface area contributed by atoms with Crippen LogP contribution in [0, 0.1) is 0 Å². The number of nitrogens with zero attached hydrogens (tertiary/aromatic N) is 4. The Balaban J connectivity index is 1.34. The maximum Gasteiger partial charge on any atom is 0.254 e. The Hall–Kier alpha value is -3.67. The molecule has 6 nitrogen and oxygen atoms in total. The minimum atomic E-state index is 0.0432. The summed E-state index contributed by atoms with van der Waals surface area (Å²) in [4.78, 5) is 26.6. The number of hydrogen-bond donors (Lipinski definition) is 1. The van der Waals surface area contributed by atoms with Gasteiger partial charge in [0.1, 0.15) is 0 Å². The van der Waals surface area contributed by atoms with Gasteiger partial charge in [0.15, 0.2) is 0 Å². The van der Waals surface area contributed by atoms with Crippen LogP contribution in [0.2, 0.25) is 0 Å². The van der Waals surface area contributed by atoms with Crippen LogP contribution in [0.15, 0.2) is 73.4 Å². The van der Waals surface area contributed by atoms with Gasteiger partial charge >= 0.3 is 0 Å². The van der Waals surface area contributed by atoms with Crippen LogP contribution < -0.4 is 0 Å². The van der Waals surface area contributed by atoms with Gasteiger partial charge in [-0.05, 0) is 24.3 Å². The third-order valence-corrected chi connectivity index (χ3v) is 5.13. The molecule has 0 saturated carbocycles. The molecule has 1 aliphatic rings. The number of nitrogens with one attached hydrogen (secondary N) is 1. The zero-order valence-electron chi connectivity index (χ0n) is 15.2. The van der Waals surface area contributed by atoms with Crippen molar-refractivity contribution in [3.05, 3.63) is 90.4 Å². The lowest BCUT2D eigenvalue weighted by Gasteiger charge is -2.26. The Morgan fingerprint density at radius 1 is 1.00 bits per heavy atom. The molecular formula is C22H19N5O. The maximum absolute atomic E-state index is 12.8. The smallest absolute Gasteiger partial charge is 0.254 e. The Bertz CT molecular complexity index is 1110. The van der Waals surface area contributed by atoms with E-state index in [2.05, 4.69) is 15.0 Å². The zero-order valence-corrected chi connectivity index (χ0v) is 15.2. The first-order chi connectivity index (χ1) is 13.8. The summed E-state index contributed by atoms with van der Waals surface area (Å²) in [6.07, 6.45) is 6.29. The number of H-pyrrole nitrogens is 1. The van der Waals surface area contributed by atoms with Crippen molar-refractivity contribution in [2.24, 2.45) is 0 Å². The van der Waals surface area contributed by atoms with Crippen LogP contribution in [0.1, 0.15) is 21.7 Å². The maximum atomic E-state index is 12.8. The van der Waals surface area contributed by atoms with Gasteiger partial charge in [0, 0.05) is 36.0 Å². The van der Waals surface area contributed by atoms with Gasteiger partial charge in [0.25, 0.3) is 5.91 Å². The fraction of sp³-hybridized carbons (Fsp3) is 0.136. The lowest BCUT2D eigenvalue weighted by molar-refractivity contribution is 0.0732. The average Bonchev–Trinajstić information content (AvgIpc) is 3.43. The molecule has 2 aromatic carbocycles. The van der Waals surface area contributed by atoms with E-state index in [1.807, 2.05) is 70.3 Å². The molecule has 0 aliphatic carbocycles. The molecule has 28 heavy (non-hydrogen) atoms. The van der Waals surface area contributed by atoms with E-state index in [4.69, 9.17) is 0 Å². The number of benzene rings is 2. The minimum Gasteiger partial charge on any atom is -0.347 e. The van der Waals surface area contributed by atoms with Crippen LogP contribution in [-0.4, -0.2) is 36.9 Å². The normalized spacial score (nSPS) is 13.4. The number of carbonyl (C=O) groups excluding carboxylic acids is 1. The topological polar surface area (TPSA) is 66.8 Å². The second kappa shape index (κ2) is 6.81. The highest BCUT2D eigenvalue weighted by atomic mass is 16.2. The summed E-state index contributed by atoms with van der Waals surface area (Å²) in [7, 11) is 0. The molecule has 5 rings (SSSR count). The van der Waals surface area contributed by atoms with Gasteiger partial charge in [-0.1, -0.05) is 30.3 Å². The molecule has 0 unspecified atom stereocenters. The van der Waals surface area contributed by atoms with E-state index >= 15 is 0 Å². The zero-order chi connectivity index (χ0) is 18.9. The molecule has 0 atom stereocenters. The third kappa shape index (κ3) is 2.99. The predicted octanol–water partition coefficient (Wildman–Crippen LogP) is 3.46. The number of para-hydroxylation sites is 1. The van der Waals surface area contributed by atoms with E-state index in [-0.39, 0.29) is 5.91 Å². The second-order valence-electron chi connectivity index (χ2n) is 6.88. The van der Waals surface area contributed by atoms with Crippen LogP contribution in [0.3, 0.4) is 0 Å². The first kappa shape index (κ1) is 16.5. The molecule has 1 amide bonds. The highest BCUT2D eigenvalue weighted by molar-refractivity contribution is 5.94. The largest absolute Gasteiger partial charge is 0.347 e. The van der Waals surface area contributed by atoms with Crippen molar-refractivity contribution in [1.29, 1.82) is 0 Å². The van der Waals surface area contributed by atoms with E-state index in [9.17, 15) is 4.79 Å². The van der Waals surface area contributed by atoms with E-state index < -0.39 is 0 Å². The van der Waals surface area contributed by atoms with E-state index in [0.717, 1.165) is 34.8 Å². The molecule has 0 saturated heterocycles. The number of carbonyl (C=O) groups is 1. The quantitative estimate of drug-likeness (QED) is 0.601.